The fourth-order valence-corrected chi connectivity index (χ4v) is 2.30. The van der Waals surface area contributed by atoms with E-state index in [2.05, 4.69) is 9.97 Å². The molecule has 5 nitrogen and oxygen atoms in total. The van der Waals surface area contributed by atoms with Gasteiger partial charge in [0, 0.05) is 12.1 Å². The van der Waals surface area contributed by atoms with Gasteiger partial charge in [-0.25, -0.2) is 4.98 Å². The first-order valence-corrected chi connectivity index (χ1v) is 7.68. The van der Waals surface area contributed by atoms with Crippen LogP contribution >= 0.6 is 11.6 Å². The largest absolute Gasteiger partial charge is 0.491 e. The summed E-state index contributed by atoms with van der Waals surface area (Å²) in [6.45, 7) is 0.720. The van der Waals surface area contributed by atoms with E-state index >= 15 is 0 Å². The molecule has 1 N–H and O–H groups in total. The first kappa shape index (κ1) is 15.4. The van der Waals surface area contributed by atoms with Gasteiger partial charge in [-0.2, -0.15) is 0 Å². The second-order valence-electron chi connectivity index (χ2n) is 4.86. The number of alkyl halides is 1. The summed E-state index contributed by atoms with van der Waals surface area (Å²) in [4.78, 5) is 18.7. The zero-order chi connectivity index (χ0) is 16.1. The van der Waals surface area contributed by atoms with E-state index in [1.54, 1.807) is 12.1 Å². The fraction of sp³-hybridized carbons (Fsp3) is 0.176. The zero-order valence-electron chi connectivity index (χ0n) is 12.3. The van der Waals surface area contributed by atoms with Crippen LogP contribution in [0.15, 0.2) is 53.6 Å². The maximum absolute atomic E-state index is 12.0. The second kappa shape index (κ2) is 7.15. The molecule has 0 saturated carbocycles. The summed E-state index contributed by atoms with van der Waals surface area (Å²) in [6.07, 6.45) is 1.36. The Morgan fingerprint density at radius 2 is 1.96 bits per heavy atom. The van der Waals surface area contributed by atoms with E-state index in [4.69, 9.17) is 21.1 Å². The third kappa shape index (κ3) is 3.63. The van der Waals surface area contributed by atoms with Crippen LogP contribution in [-0.4, -0.2) is 22.5 Å². The van der Waals surface area contributed by atoms with E-state index in [0.29, 0.717) is 41.5 Å². The van der Waals surface area contributed by atoms with E-state index in [1.165, 1.54) is 6.33 Å². The molecule has 0 saturated heterocycles. The van der Waals surface area contributed by atoms with Crippen LogP contribution in [0.1, 0.15) is 5.56 Å². The van der Waals surface area contributed by atoms with Gasteiger partial charge in [-0.3, -0.25) is 4.79 Å². The lowest BCUT2D eigenvalue weighted by Crippen LogP contribution is -2.10. The second-order valence-corrected chi connectivity index (χ2v) is 5.24. The minimum absolute atomic E-state index is 0.255. The number of halogens is 1. The molecule has 0 unspecified atom stereocenters. The van der Waals surface area contributed by atoms with E-state index in [1.807, 2.05) is 30.3 Å². The lowest BCUT2D eigenvalue weighted by atomic mass is 10.2. The zero-order valence-corrected chi connectivity index (χ0v) is 13.0. The molecule has 1 aromatic heterocycles. The van der Waals surface area contributed by atoms with E-state index in [9.17, 15) is 4.79 Å². The molecule has 23 heavy (non-hydrogen) atoms. The molecule has 1 heterocycles. The number of H-pyrrole nitrogens is 1. The molecule has 0 spiro atoms. The fourth-order valence-electron chi connectivity index (χ4n) is 2.23. The number of benzene rings is 2. The van der Waals surface area contributed by atoms with Crippen molar-refractivity contribution in [3.63, 3.8) is 0 Å². The lowest BCUT2D eigenvalue weighted by molar-refractivity contribution is 0.301. The number of ether oxygens (including phenoxy) is 2. The van der Waals surface area contributed by atoms with Crippen LogP contribution in [0, 0.1) is 0 Å². The maximum Gasteiger partial charge on any atom is 0.262 e. The van der Waals surface area contributed by atoms with Crippen molar-refractivity contribution in [3.05, 3.63) is 64.7 Å². The summed E-state index contributed by atoms with van der Waals surface area (Å²) in [5, 5.41) is 0.393. The molecular formula is C17H15ClN2O3. The Kier molecular flexibility index (Phi) is 4.78. The molecule has 3 aromatic rings. The van der Waals surface area contributed by atoms with Gasteiger partial charge in [0.1, 0.15) is 30.1 Å². The van der Waals surface area contributed by atoms with Gasteiger partial charge in [0.05, 0.1) is 17.7 Å². The third-order valence-corrected chi connectivity index (χ3v) is 3.42. The first-order chi connectivity index (χ1) is 11.3. The number of aromatic amines is 1. The quantitative estimate of drug-likeness (QED) is 0.705. The molecule has 0 radical (unpaired) electrons. The molecule has 0 aliphatic heterocycles. The number of hydrogen-bond acceptors (Lipinski definition) is 4. The summed E-state index contributed by atoms with van der Waals surface area (Å²) in [5.41, 5.74) is 1.31. The molecule has 0 bridgehead atoms. The molecule has 2 aromatic carbocycles. The van der Waals surface area contributed by atoms with Crippen molar-refractivity contribution >= 4 is 22.5 Å². The molecule has 0 amide bonds. The van der Waals surface area contributed by atoms with Gasteiger partial charge in [-0.15, -0.1) is 11.6 Å². The van der Waals surface area contributed by atoms with Crippen molar-refractivity contribution in [2.24, 2.45) is 0 Å². The maximum atomic E-state index is 12.0. The smallest absolute Gasteiger partial charge is 0.262 e. The average molecular weight is 331 g/mol. The van der Waals surface area contributed by atoms with Crippen LogP contribution in [-0.2, 0) is 6.61 Å². The minimum atomic E-state index is -0.255. The molecule has 0 aliphatic rings. The lowest BCUT2D eigenvalue weighted by Gasteiger charge is -2.11. The van der Waals surface area contributed by atoms with Crippen LogP contribution in [0.4, 0.5) is 0 Å². The molecule has 6 heteroatoms. The highest BCUT2D eigenvalue weighted by Crippen LogP contribution is 2.28. The van der Waals surface area contributed by atoms with E-state index in [-0.39, 0.29) is 5.56 Å². The number of nitrogens with one attached hydrogen (secondary N) is 1. The normalized spacial score (nSPS) is 10.7. The highest BCUT2D eigenvalue weighted by molar-refractivity contribution is 6.18. The van der Waals surface area contributed by atoms with Crippen molar-refractivity contribution < 1.29 is 9.47 Å². The SMILES string of the molecule is O=c1[nH]cnc2cc(OCc3ccccc3)cc(OCCCl)c12. The Morgan fingerprint density at radius 3 is 2.74 bits per heavy atom. The van der Waals surface area contributed by atoms with E-state index < -0.39 is 0 Å². The summed E-state index contributed by atoms with van der Waals surface area (Å²) in [6, 6.07) is 13.2. The van der Waals surface area contributed by atoms with Crippen LogP contribution in [0.2, 0.25) is 0 Å². The Bertz CT molecular complexity index is 849. The monoisotopic (exact) mass is 330 g/mol. The molecule has 0 atom stereocenters. The highest BCUT2D eigenvalue weighted by Gasteiger charge is 2.11. The summed E-state index contributed by atoms with van der Waals surface area (Å²) < 4.78 is 11.4. The van der Waals surface area contributed by atoms with Crippen LogP contribution < -0.4 is 15.0 Å². The van der Waals surface area contributed by atoms with Crippen molar-refractivity contribution in [2.45, 2.75) is 6.61 Å². The van der Waals surface area contributed by atoms with Gasteiger partial charge in [0.15, 0.2) is 0 Å². The molecule has 118 valence electrons. The number of aromatic nitrogens is 2. The van der Waals surface area contributed by atoms with Crippen molar-refractivity contribution in [2.75, 3.05) is 12.5 Å². The number of fused-ring (bicyclic) bond motifs is 1. The van der Waals surface area contributed by atoms with Gasteiger partial charge in [0.2, 0.25) is 0 Å². The Balaban J connectivity index is 1.93. The van der Waals surface area contributed by atoms with Gasteiger partial charge < -0.3 is 14.5 Å². The number of nitrogens with zero attached hydrogens (tertiary/aromatic N) is 1. The Hall–Kier alpha value is -2.53. The molecule has 0 fully saturated rings. The predicted molar refractivity (Wildman–Crippen MR) is 89.4 cm³/mol. The molecule has 0 aliphatic carbocycles. The van der Waals surface area contributed by atoms with Crippen LogP contribution in [0.3, 0.4) is 0 Å². The third-order valence-electron chi connectivity index (χ3n) is 3.26. The highest BCUT2D eigenvalue weighted by atomic mass is 35.5. The number of rotatable bonds is 6. The van der Waals surface area contributed by atoms with Crippen molar-refractivity contribution in [1.29, 1.82) is 0 Å². The minimum Gasteiger partial charge on any atom is -0.491 e. The van der Waals surface area contributed by atoms with Crippen LogP contribution in [0.25, 0.3) is 10.9 Å². The summed E-state index contributed by atoms with van der Waals surface area (Å²) in [5.74, 6) is 1.33. The van der Waals surface area contributed by atoms with Gasteiger partial charge in [-0.1, -0.05) is 30.3 Å². The average Bonchev–Trinajstić information content (AvgIpc) is 2.59. The van der Waals surface area contributed by atoms with Gasteiger partial charge in [0.25, 0.3) is 5.56 Å². The summed E-state index contributed by atoms with van der Waals surface area (Å²) in [7, 11) is 0. The topological polar surface area (TPSA) is 64.2 Å². The van der Waals surface area contributed by atoms with Crippen LogP contribution in [0.5, 0.6) is 11.5 Å². The molecular weight excluding hydrogens is 316 g/mol. The van der Waals surface area contributed by atoms with Crippen molar-refractivity contribution in [1.82, 2.24) is 9.97 Å². The summed E-state index contributed by atoms with van der Waals surface area (Å²) >= 11 is 5.67. The van der Waals surface area contributed by atoms with E-state index in [0.717, 1.165) is 5.56 Å². The number of hydrogen-bond donors (Lipinski definition) is 1. The first-order valence-electron chi connectivity index (χ1n) is 7.15. The predicted octanol–water partition coefficient (Wildman–Crippen LogP) is 3.12. The Morgan fingerprint density at radius 1 is 1.13 bits per heavy atom. The van der Waals surface area contributed by atoms with Crippen molar-refractivity contribution in [3.8, 4) is 11.5 Å². The Labute approximate surface area is 137 Å². The van der Waals surface area contributed by atoms with Gasteiger partial charge in [-0.05, 0) is 5.56 Å². The standard InChI is InChI=1S/C17H15ClN2O3/c18-6-7-22-15-9-13(23-10-12-4-2-1-3-5-12)8-14-16(15)17(21)20-11-19-14/h1-5,8-9,11H,6-7,10H2,(H,19,20,21). The molecule has 3 rings (SSSR count). The van der Waals surface area contributed by atoms with Gasteiger partial charge >= 0.3 is 0 Å².